The Labute approximate surface area is 167 Å². The van der Waals surface area contributed by atoms with Crippen LogP contribution in [0.2, 0.25) is 0 Å². The van der Waals surface area contributed by atoms with Crippen molar-refractivity contribution in [3.05, 3.63) is 76.3 Å². The number of aryl methyl sites for hydroxylation is 1. The molecule has 28 heavy (non-hydrogen) atoms. The first-order chi connectivity index (χ1) is 13.7. The molecule has 0 bridgehead atoms. The van der Waals surface area contributed by atoms with Gasteiger partial charge in [-0.25, -0.2) is 4.98 Å². The molecule has 1 fully saturated rings. The van der Waals surface area contributed by atoms with Crippen LogP contribution in [0, 0.1) is 6.92 Å². The zero-order valence-electron chi connectivity index (χ0n) is 15.6. The van der Waals surface area contributed by atoms with E-state index in [4.69, 9.17) is 9.40 Å². The van der Waals surface area contributed by atoms with Gasteiger partial charge in [0.2, 0.25) is 5.89 Å². The van der Waals surface area contributed by atoms with Crippen LogP contribution in [0.15, 0.2) is 64.4 Å². The number of nitrogens with zero attached hydrogens (tertiary/aromatic N) is 2. The van der Waals surface area contributed by atoms with Gasteiger partial charge >= 0.3 is 0 Å². The quantitative estimate of drug-likeness (QED) is 0.443. The van der Waals surface area contributed by atoms with Crippen molar-refractivity contribution in [3.63, 3.8) is 0 Å². The second kappa shape index (κ2) is 6.91. The fourth-order valence-corrected chi connectivity index (χ4v) is 4.64. The van der Waals surface area contributed by atoms with Crippen molar-refractivity contribution in [3.8, 4) is 11.1 Å². The van der Waals surface area contributed by atoms with Crippen molar-refractivity contribution >= 4 is 28.3 Å². The molecule has 0 saturated carbocycles. The zero-order valence-corrected chi connectivity index (χ0v) is 16.4. The number of aromatic nitrogens is 1. The van der Waals surface area contributed by atoms with Crippen LogP contribution in [0.25, 0.3) is 22.2 Å². The van der Waals surface area contributed by atoms with Crippen molar-refractivity contribution in [2.24, 2.45) is 0 Å². The summed E-state index contributed by atoms with van der Waals surface area (Å²) < 4.78 is 6.07. The fourth-order valence-electron chi connectivity index (χ4n) is 3.96. The van der Waals surface area contributed by atoms with Gasteiger partial charge in [-0.05, 0) is 60.0 Å². The first kappa shape index (κ1) is 17.2. The molecule has 5 rings (SSSR count). The highest BCUT2D eigenvalue weighted by Gasteiger charge is 2.34. The van der Waals surface area contributed by atoms with Gasteiger partial charge in [0.1, 0.15) is 11.6 Å². The number of carbonyl (C=O) groups excluding carboxylic acids is 1. The summed E-state index contributed by atoms with van der Waals surface area (Å²) in [5.74, 6) is 0.708. The highest BCUT2D eigenvalue weighted by Crippen LogP contribution is 2.36. The van der Waals surface area contributed by atoms with Gasteiger partial charge in [0, 0.05) is 6.54 Å². The molecule has 4 nitrogen and oxygen atoms in total. The third-order valence-corrected chi connectivity index (χ3v) is 6.25. The molecule has 0 radical (unpaired) electrons. The van der Waals surface area contributed by atoms with E-state index in [2.05, 4.69) is 31.2 Å². The molecule has 140 valence electrons. The summed E-state index contributed by atoms with van der Waals surface area (Å²) in [6.45, 7) is 2.86. The average Bonchev–Trinajstić information content (AvgIpc) is 3.47. The lowest BCUT2D eigenvalue weighted by Crippen LogP contribution is -2.30. The number of likely N-dealkylation sites (tertiary alicyclic amines) is 1. The Balaban J connectivity index is 1.49. The summed E-state index contributed by atoms with van der Waals surface area (Å²) in [6.07, 6.45) is 1.85. The SMILES string of the molecule is Cc1ccccc1-c1ccc2oc(C3CCCN3C(=O)c3cccs3)nc2c1. The Morgan fingerprint density at radius 1 is 1.18 bits per heavy atom. The van der Waals surface area contributed by atoms with Crippen molar-refractivity contribution in [1.29, 1.82) is 0 Å². The Bertz CT molecular complexity index is 1150. The summed E-state index contributed by atoms with van der Waals surface area (Å²) in [6, 6.07) is 18.2. The largest absolute Gasteiger partial charge is 0.438 e. The van der Waals surface area contributed by atoms with E-state index >= 15 is 0 Å². The molecule has 1 atom stereocenters. The molecule has 5 heteroatoms. The Kier molecular flexibility index (Phi) is 4.24. The average molecular weight is 388 g/mol. The molecule has 0 spiro atoms. The van der Waals surface area contributed by atoms with Gasteiger partial charge in [-0.3, -0.25) is 4.79 Å². The lowest BCUT2D eigenvalue weighted by Gasteiger charge is -2.21. The molecule has 1 saturated heterocycles. The van der Waals surface area contributed by atoms with Gasteiger partial charge in [0.15, 0.2) is 5.58 Å². The molecule has 4 aromatic rings. The second-order valence-electron chi connectivity index (χ2n) is 7.18. The van der Waals surface area contributed by atoms with E-state index in [1.54, 1.807) is 0 Å². The van der Waals surface area contributed by atoms with Crippen LogP contribution in [0.3, 0.4) is 0 Å². The van der Waals surface area contributed by atoms with Crippen LogP contribution in [-0.4, -0.2) is 22.3 Å². The van der Waals surface area contributed by atoms with Crippen molar-refractivity contribution in [2.45, 2.75) is 25.8 Å². The van der Waals surface area contributed by atoms with Crippen LogP contribution in [0.5, 0.6) is 0 Å². The number of fused-ring (bicyclic) bond motifs is 1. The zero-order chi connectivity index (χ0) is 19.1. The molecule has 0 N–H and O–H groups in total. The molecular weight excluding hydrogens is 368 g/mol. The highest BCUT2D eigenvalue weighted by molar-refractivity contribution is 7.12. The lowest BCUT2D eigenvalue weighted by atomic mass is 10.0. The summed E-state index contributed by atoms with van der Waals surface area (Å²) in [7, 11) is 0. The first-order valence-corrected chi connectivity index (χ1v) is 10.4. The van der Waals surface area contributed by atoms with E-state index in [1.807, 2.05) is 40.6 Å². The van der Waals surface area contributed by atoms with Crippen molar-refractivity contribution in [2.75, 3.05) is 6.54 Å². The summed E-state index contributed by atoms with van der Waals surface area (Å²) in [5.41, 5.74) is 5.16. The molecule has 1 amide bonds. The third-order valence-electron chi connectivity index (χ3n) is 5.39. The van der Waals surface area contributed by atoms with Gasteiger partial charge in [0.25, 0.3) is 5.91 Å². The Morgan fingerprint density at radius 2 is 2.07 bits per heavy atom. The Morgan fingerprint density at radius 3 is 2.89 bits per heavy atom. The van der Waals surface area contributed by atoms with Gasteiger partial charge in [-0.1, -0.05) is 36.4 Å². The fraction of sp³-hybridized carbons (Fsp3) is 0.217. The van der Waals surface area contributed by atoms with E-state index in [0.29, 0.717) is 5.89 Å². The number of benzene rings is 2. The van der Waals surface area contributed by atoms with E-state index in [-0.39, 0.29) is 11.9 Å². The maximum Gasteiger partial charge on any atom is 0.264 e. The summed E-state index contributed by atoms with van der Waals surface area (Å²) in [4.78, 5) is 20.3. The van der Waals surface area contributed by atoms with Crippen LogP contribution in [0.1, 0.15) is 40.0 Å². The van der Waals surface area contributed by atoms with E-state index in [9.17, 15) is 4.79 Å². The molecule has 1 aliphatic rings. The molecule has 1 unspecified atom stereocenters. The van der Waals surface area contributed by atoms with Crippen molar-refractivity contribution < 1.29 is 9.21 Å². The minimum atomic E-state index is -0.0936. The van der Waals surface area contributed by atoms with Crippen LogP contribution >= 0.6 is 11.3 Å². The maximum absolute atomic E-state index is 12.9. The number of hydrogen-bond acceptors (Lipinski definition) is 4. The maximum atomic E-state index is 12.9. The minimum absolute atomic E-state index is 0.0698. The van der Waals surface area contributed by atoms with Gasteiger partial charge in [-0.2, -0.15) is 0 Å². The summed E-state index contributed by atoms with van der Waals surface area (Å²) in [5, 5.41) is 1.94. The minimum Gasteiger partial charge on any atom is -0.438 e. The summed E-state index contributed by atoms with van der Waals surface area (Å²) >= 11 is 1.48. The number of rotatable bonds is 3. The van der Waals surface area contributed by atoms with Crippen LogP contribution < -0.4 is 0 Å². The Hall–Kier alpha value is -2.92. The van der Waals surface area contributed by atoms with E-state index in [1.165, 1.54) is 22.5 Å². The van der Waals surface area contributed by atoms with Crippen LogP contribution in [-0.2, 0) is 0 Å². The number of carbonyl (C=O) groups is 1. The predicted octanol–water partition coefficient (Wildman–Crippen LogP) is 5.84. The van der Waals surface area contributed by atoms with Gasteiger partial charge < -0.3 is 9.32 Å². The monoisotopic (exact) mass is 388 g/mol. The predicted molar refractivity (Wildman–Crippen MR) is 112 cm³/mol. The van der Waals surface area contributed by atoms with Gasteiger partial charge in [-0.15, -0.1) is 11.3 Å². The smallest absolute Gasteiger partial charge is 0.264 e. The second-order valence-corrected chi connectivity index (χ2v) is 8.13. The molecule has 3 heterocycles. The first-order valence-electron chi connectivity index (χ1n) is 9.52. The highest BCUT2D eigenvalue weighted by atomic mass is 32.1. The topological polar surface area (TPSA) is 46.3 Å². The lowest BCUT2D eigenvalue weighted by molar-refractivity contribution is 0.0722. The molecule has 2 aromatic carbocycles. The van der Waals surface area contributed by atoms with E-state index < -0.39 is 0 Å². The standard InChI is InChI=1S/C23H20N2O2S/c1-15-6-2-3-7-17(15)16-10-11-20-18(14-16)24-22(27-20)19-8-4-12-25(19)23(26)21-9-5-13-28-21/h2-3,5-7,9-11,13-14,19H,4,8,12H2,1H3. The number of hydrogen-bond donors (Lipinski definition) is 0. The molecule has 1 aliphatic heterocycles. The molecule has 2 aromatic heterocycles. The molecular formula is C23H20N2O2S. The third kappa shape index (κ3) is 2.92. The molecule has 0 aliphatic carbocycles. The number of oxazole rings is 1. The number of thiophene rings is 1. The normalized spacial score (nSPS) is 16.8. The van der Waals surface area contributed by atoms with Crippen LogP contribution in [0.4, 0.5) is 0 Å². The van der Waals surface area contributed by atoms with Gasteiger partial charge in [0.05, 0.1) is 4.88 Å². The number of amides is 1. The van der Waals surface area contributed by atoms with E-state index in [0.717, 1.165) is 40.9 Å². The van der Waals surface area contributed by atoms with Crippen molar-refractivity contribution in [1.82, 2.24) is 9.88 Å².